The summed E-state index contributed by atoms with van der Waals surface area (Å²) in [6.45, 7) is 2.04. The first-order valence-electron chi connectivity index (χ1n) is 6.34. The molecule has 0 aliphatic rings. The van der Waals surface area contributed by atoms with Gasteiger partial charge in [-0.15, -0.1) is 0 Å². The molecule has 0 saturated heterocycles. The van der Waals surface area contributed by atoms with Gasteiger partial charge in [-0.05, 0) is 30.7 Å². The van der Waals surface area contributed by atoms with E-state index in [-0.39, 0.29) is 0 Å². The van der Waals surface area contributed by atoms with Crippen molar-refractivity contribution in [3.63, 3.8) is 0 Å². The van der Waals surface area contributed by atoms with Crippen LogP contribution in [0.2, 0.25) is 5.02 Å². The first-order chi connectivity index (χ1) is 10.1. The SMILES string of the molecule is Cc1ccc(-c2c(-c3cc(Cl)ccc3Br)noc2N)cc1. The third-order valence-corrected chi connectivity index (χ3v) is 4.17. The van der Waals surface area contributed by atoms with Gasteiger partial charge in [-0.3, -0.25) is 0 Å². The van der Waals surface area contributed by atoms with Crippen LogP contribution in [-0.2, 0) is 0 Å². The molecule has 0 aliphatic carbocycles. The second-order valence-corrected chi connectivity index (χ2v) is 6.05. The molecule has 0 unspecified atom stereocenters. The molecule has 106 valence electrons. The first kappa shape index (κ1) is 14.2. The number of nitrogens with two attached hydrogens (primary N) is 1. The predicted octanol–water partition coefficient (Wildman–Crippen LogP) is 5.32. The van der Waals surface area contributed by atoms with Gasteiger partial charge in [0.25, 0.3) is 0 Å². The van der Waals surface area contributed by atoms with Crippen LogP contribution in [0.5, 0.6) is 0 Å². The van der Waals surface area contributed by atoms with Crippen molar-refractivity contribution >= 4 is 33.4 Å². The van der Waals surface area contributed by atoms with Gasteiger partial charge in [-0.25, -0.2) is 0 Å². The number of hydrogen-bond acceptors (Lipinski definition) is 3. The van der Waals surface area contributed by atoms with Crippen LogP contribution in [0.15, 0.2) is 51.5 Å². The van der Waals surface area contributed by atoms with E-state index in [9.17, 15) is 0 Å². The predicted molar refractivity (Wildman–Crippen MR) is 89.2 cm³/mol. The quantitative estimate of drug-likeness (QED) is 0.671. The molecule has 0 atom stereocenters. The zero-order valence-electron chi connectivity index (χ0n) is 11.2. The Hall–Kier alpha value is -1.78. The van der Waals surface area contributed by atoms with E-state index in [2.05, 4.69) is 21.1 Å². The Labute approximate surface area is 135 Å². The summed E-state index contributed by atoms with van der Waals surface area (Å²) in [6, 6.07) is 13.6. The summed E-state index contributed by atoms with van der Waals surface area (Å²) >= 11 is 9.60. The maximum Gasteiger partial charge on any atom is 0.230 e. The zero-order chi connectivity index (χ0) is 15.0. The first-order valence-corrected chi connectivity index (χ1v) is 7.51. The van der Waals surface area contributed by atoms with Gasteiger partial charge in [0.05, 0.1) is 5.56 Å². The second-order valence-electron chi connectivity index (χ2n) is 4.76. The van der Waals surface area contributed by atoms with E-state index in [1.54, 1.807) is 0 Å². The fourth-order valence-electron chi connectivity index (χ4n) is 2.16. The van der Waals surface area contributed by atoms with Crippen molar-refractivity contribution in [2.75, 3.05) is 5.73 Å². The van der Waals surface area contributed by atoms with Gasteiger partial charge in [-0.2, -0.15) is 0 Å². The van der Waals surface area contributed by atoms with Crippen molar-refractivity contribution in [1.29, 1.82) is 0 Å². The van der Waals surface area contributed by atoms with Crippen LogP contribution in [0.4, 0.5) is 5.88 Å². The van der Waals surface area contributed by atoms with Gasteiger partial charge in [0, 0.05) is 15.1 Å². The number of nitrogen functional groups attached to an aromatic ring is 1. The summed E-state index contributed by atoms with van der Waals surface area (Å²) in [7, 11) is 0. The van der Waals surface area contributed by atoms with Crippen molar-refractivity contribution in [2.45, 2.75) is 6.92 Å². The molecule has 2 N–H and O–H groups in total. The number of anilines is 1. The summed E-state index contributed by atoms with van der Waals surface area (Å²) in [6.07, 6.45) is 0. The average molecular weight is 364 g/mol. The Kier molecular flexibility index (Phi) is 3.74. The summed E-state index contributed by atoms with van der Waals surface area (Å²) in [4.78, 5) is 0. The Morgan fingerprint density at radius 2 is 1.86 bits per heavy atom. The maximum absolute atomic E-state index is 6.08. The van der Waals surface area contributed by atoms with Crippen LogP contribution in [0, 0.1) is 6.92 Å². The minimum absolute atomic E-state index is 0.292. The standard InChI is InChI=1S/C16H12BrClN2O/c1-9-2-4-10(5-3-9)14-15(20-21-16(14)19)12-8-11(18)6-7-13(12)17/h2-8H,19H2,1H3. The fraction of sp³-hybridized carbons (Fsp3) is 0.0625. The monoisotopic (exact) mass is 362 g/mol. The van der Waals surface area contributed by atoms with Gasteiger partial charge in [-0.1, -0.05) is 62.5 Å². The molecule has 3 aromatic rings. The highest BCUT2D eigenvalue weighted by Crippen LogP contribution is 2.39. The van der Waals surface area contributed by atoms with Crippen LogP contribution in [-0.4, -0.2) is 5.16 Å². The number of halogens is 2. The van der Waals surface area contributed by atoms with Crippen LogP contribution >= 0.6 is 27.5 Å². The molecule has 1 aromatic heterocycles. The van der Waals surface area contributed by atoms with Gasteiger partial charge < -0.3 is 10.3 Å². The molecule has 0 radical (unpaired) electrons. The lowest BCUT2D eigenvalue weighted by Crippen LogP contribution is -1.89. The molecule has 0 fully saturated rings. The van der Waals surface area contributed by atoms with Crippen molar-refractivity contribution < 1.29 is 4.52 Å². The van der Waals surface area contributed by atoms with Gasteiger partial charge in [0.2, 0.25) is 5.88 Å². The van der Waals surface area contributed by atoms with Crippen LogP contribution in [0.25, 0.3) is 22.4 Å². The molecule has 2 aromatic carbocycles. The molecular weight excluding hydrogens is 352 g/mol. The number of aromatic nitrogens is 1. The Balaban J connectivity index is 2.21. The number of benzene rings is 2. The highest BCUT2D eigenvalue weighted by Gasteiger charge is 2.19. The molecule has 3 nitrogen and oxygen atoms in total. The lowest BCUT2D eigenvalue weighted by molar-refractivity contribution is 0.439. The molecule has 0 saturated carbocycles. The molecule has 3 rings (SSSR count). The molecule has 21 heavy (non-hydrogen) atoms. The zero-order valence-corrected chi connectivity index (χ0v) is 13.6. The number of hydrogen-bond donors (Lipinski definition) is 1. The van der Waals surface area contributed by atoms with Crippen LogP contribution in [0.3, 0.4) is 0 Å². The van der Waals surface area contributed by atoms with Crippen molar-refractivity contribution in [1.82, 2.24) is 5.16 Å². The van der Waals surface area contributed by atoms with Crippen LogP contribution < -0.4 is 5.73 Å². The molecule has 1 heterocycles. The average Bonchev–Trinajstić information content (AvgIpc) is 2.84. The van der Waals surface area contributed by atoms with Crippen molar-refractivity contribution in [2.24, 2.45) is 0 Å². The molecule has 0 aliphatic heterocycles. The third kappa shape index (κ3) is 2.69. The third-order valence-electron chi connectivity index (χ3n) is 3.24. The number of rotatable bonds is 2. The molecule has 0 amide bonds. The Morgan fingerprint density at radius 1 is 1.14 bits per heavy atom. The Morgan fingerprint density at radius 3 is 2.57 bits per heavy atom. The van der Waals surface area contributed by atoms with Crippen molar-refractivity contribution in [3.05, 3.63) is 57.5 Å². The van der Waals surface area contributed by atoms with Gasteiger partial charge >= 0.3 is 0 Å². The lowest BCUT2D eigenvalue weighted by atomic mass is 10.00. The normalized spacial score (nSPS) is 10.8. The fourth-order valence-corrected chi connectivity index (χ4v) is 2.77. The minimum Gasteiger partial charge on any atom is -0.367 e. The van der Waals surface area contributed by atoms with Gasteiger partial charge in [0.15, 0.2) is 0 Å². The van der Waals surface area contributed by atoms with E-state index in [0.29, 0.717) is 16.6 Å². The molecule has 0 bridgehead atoms. The van der Waals surface area contributed by atoms with E-state index in [4.69, 9.17) is 21.9 Å². The second kappa shape index (κ2) is 5.54. The maximum atomic E-state index is 6.08. The van der Waals surface area contributed by atoms with E-state index < -0.39 is 0 Å². The highest BCUT2D eigenvalue weighted by molar-refractivity contribution is 9.10. The topological polar surface area (TPSA) is 52.0 Å². The minimum atomic E-state index is 0.292. The molecule has 0 spiro atoms. The summed E-state index contributed by atoms with van der Waals surface area (Å²) in [5.74, 6) is 0.292. The highest BCUT2D eigenvalue weighted by atomic mass is 79.9. The largest absolute Gasteiger partial charge is 0.367 e. The van der Waals surface area contributed by atoms with E-state index in [1.807, 2.05) is 49.4 Å². The summed E-state index contributed by atoms with van der Waals surface area (Å²) in [5.41, 5.74) is 10.4. The number of aryl methyl sites for hydroxylation is 1. The molecular formula is C16H12BrClN2O. The van der Waals surface area contributed by atoms with E-state index in [1.165, 1.54) is 5.56 Å². The van der Waals surface area contributed by atoms with E-state index in [0.717, 1.165) is 21.2 Å². The smallest absolute Gasteiger partial charge is 0.230 e. The van der Waals surface area contributed by atoms with Gasteiger partial charge in [0.1, 0.15) is 5.69 Å². The Bertz CT molecular complexity index is 797. The molecule has 5 heteroatoms. The summed E-state index contributed by atoms with van der Waals surface area (Å²) < 4.78 is 6.08. The lowest BCUT2D eigenvalue weighted by Gasteiger charge is -2.06. The summed E-state index contributed by atoms with van der Waals surface area (Å²) in [5, 5.41) is 4.73. The van der Waals surface area contributed by atoms with Crippen LogP contribution in [0.1, 0.15) is 5.56 Å². The number of nitrogens with zero attached hydrogens (tertiary/aromatic N) is 1. The van der Waals surface area contributed by atoms with Crippen molar-refractivity contribution in [3.8, 4) is 22.4 Å². The van der Waals surface area contributed by atoms with E-state index >= 15 is 0 Å².